The van der Waals surface area contributed by atoms with Crippen LogP contribution in [0.15, 0.2) is 30.3 Å². The third kappa shape index (κ3) is 21.3. The number of alkyl halides is 6. The van der Waals surface area contributed by atoms with Crippen molar-refractivity contribution in [3.63, 3.8) is 0 Å². The molecule has 25 nitrogen and oxygen atoms in total. The maximum absolute atomic E-state index is 14.7. The van der Waals surface area contributed by atoms with Crippen LogP contribution >= 0.6 is 0 Å². The maximum atomic E-state index is 14.7. The minimum Gasteiger partial charge on any atom is -0.463 e. The van der Waals surface area contributed by atoms with E-state index < -0.39 is 196 Å². The van der Waals surface area contributed by atoms with Crippen molar-refractivity contribution in [3.8, 4) is 0 Å². The number of ether oxygens (including phenoxy) is 12. The Morgan fingerprint density at radius 2 is 1.02 bits per heavy atom. The second kappa shape index (κ2) is 29.6. The number of amides is 3. The van der Waals surface area contributed by atoms with E-state index in [0.29, 0.717) is 5.56 Å². The summed E-state index contributed by atoms with van der Waals surface area (Å²) in [7, 11) is 0. The number of carbonyl (C=O) groups is 10. The summed E-state index contributed by atoms with van der Waals surface area (Å²) in [5.41, 5.74) is -0.924. The SMILES string of the molecule is CC(=O)OC[C@H]1O[C@@H](O[C@H]2[C@H](OC(C)=O)[C@@H](OC(C)=O)[C@H](OCCCN(C(=O)NC(C)(C)C)C(C(=O)N[C@@H](C)C(=O)OCc3ccccc3)C(C(F)(F)F)C(F)(F)F)O[C@@H]2COC(C)=O)[C@H](OC(C)=O)[C@@H](OC(C)=O)[C@H]1OC(C)=O. The number of rotatable bonds is 23. The van der Waals surface area contributed by atoms with Crippen LogP contribution in [0.4, 0.5) is 31.1 Å². The lowest BCUT2D eigenvalue weighted by molar-refractivity contribution is -0.361. The van der Waals surface area contributed by atoms with Crippen LogP contribution in [0.25, 0.3) is 0 Å². The molecule has 0 radical (unpaired) electrons. The van der Waals surface area contributed by atoms with E-state index >= 15 is 0 Å². The first-order chi connectivity index (χ1) is 37.0. The topological polar surface area (TPSA) is 309 Å². The summed E-state index contributed by atoms with van der Waals surface area (Å²) in [5.74, 6) is -15.2. The molecule has 0 aliphatic carbocycles. The zero-order valence-corrected chi connectivity index (χ0v) is 45.3. The maximum Gasteiger partial charge on any atom is 0.403 e. The molecule has 2 saturated heterocycles. The summed E-state index contributed by atoms with van der Waals surface area (Å²) in [6, 6.07) is 0.919. The highest BCUT2D eigenvalue weighted by atomic mass is 19.4. The molecule has 3 amide bonds. The summed E-state index contributed by atoms with van der Waals surface area (Å²) >= 11 is 0. The molecule has 2 heterocycles. The molecule has 2 aliphatic heterocycles. The second-order valence-corrected chi connectivity index (χ2v) is 19.1. The van der Waals surface area contributed by atoms with E-state index in [2.05, 4.69) is 5.32 Å². The van der Waals surface area contributed by atoms with Crippen LogP contribution in [0.5, 0.6) is 0 Å². The van der Waals surface area contributed by atoms with E-state index in [1.807, 2.05) is 5.32 Å². The van der Waals surface area contributed by atoms with Crippen molar-refractivity contribution < 1.29 is 131 Å². The first-order valence-electron chi connectivity index (χ1n) is 24.4. The molecule has 3 rings (SSSR count). The Labute approximate surface area is 454 Å². The second-order valence-electron chi connectivity index (χ2n) is 19.1. The molecule has 12 atom stereocenters. The summed E-state index contributed by atoms with van der Waals surface area (Å²) in [5, 5.41) is 4.04. The fraction of sp³-hybridized carbons (Fsp3) is 0.673. The number of halogens is 6. The highest BCUT2D eigenvalue weighted by Crippen LogP contribution is 2.44. The van der Waals surface area contributed by atoms with E-state index in [-0.39, 0.29) is 4.90 Å². The van der Waals surface area contributed by atoms with Crippen molar-refractivity contribution in [2.75, 3.05) is 26.4 Å². The average molecular weight is 1160 g/mol. The Morgan fingerprint density at radius 3 is 1.49 bits per heavy atom. The van der Waals surface area contributed by atoms with Gasteiger partial charge in [0.2, 0.25) is 5.91 Å². The van der Waals surface area contributed by atoms with Gasteiger partial charge in [-0.1, -0.05) is 30.3 Å². The van der Waals surface area contributed by atoms with Crippen LogP contribution in [0.3, 0.4) is 0 Å². The van der Waals surface area contributed by atoms with Gasteiger partial charge in [0.1, 0.15) is 50.2 Å². The molecule has 80 heavy (non-hydrogen) atoms. The van der Waals surface area contributed by atoms with Crippen LogP contribution in [0.2, 0.25) is 0 Å². The lowest BCUT2D eigenvalue weighted by Gasteiger charge is -2.48. The number of nitrogens with zero attached hydrogens (tertiary/aromatic N) is 1. The zero-order chi connectivity index (χ0) is 60.6. The molecular weight excluding hydrogens is 1100 g/mol. The zero-order valence-electron chi connectivity index (χ0n) is 45.3. The molecule has 0 saturated carbocycles. The van der Waals surface area contributed by atoms with Gasteiger partial charge in [0.05, 0.1) is 6.61 Å². The van der Waals surface area contributed by atoms with E-state index in [4.69, 9.17) is 56.8 Å². The van der Waals surface area contributed by atoms with Gasteiger partial charge >= 0.3 is 66.1 Å². The molecule has 2 aliphatic rings. The summed E-state index contributed by atoms with van der Waals surface area (Å²) < 4.78 is 155. The predicted octanol–water partition coefficient (Wildman–Crippen LogP) is 3.18. The summed E-state index contributed by atoms with van der Waals surface area (Å²) in [4.78, 5) is 128. The molecule has 1 aromatic carbocycles. The van der Waals surface area contributed by atoms with Gasteiger partial charge in [0.15, 0.2) is 49.0 Å². The number of hydrogen-bond donors (Lipinski definition) is 2. The van der Waals surface area contributed by atoms with E-state index in [1.54, 1.807) is 18.2 Å². The minimum atomic E-state index is -6.27. The predicted molar refractivity (Wildman–Crippen MR) is 252 cm³/mol. The quantitative estimate of drug-likeness (QED) is 0.0688. The Hall–Kier alpha value is -6.86. The number of esters is 8. The molecule has 2 N–H and O–H groups in total. The van der Waals surface area contributed by atoms with Crippen LogP contribution in [0.1, 0.15) is 88.1 Å². The number of benzene rings is 1. The van der Waals surface area contributed by atoms with Crippen molar-refractivity contribution in [2.45, 2.75) is 181 Å². The van der Waals surface area contributed by atoms with Crippen LogP contribution in [-0.2, 0) is 107 Å². The first kappa shape index (κ1) is 67.4. The fourth-order valence-corrected chi connectivity index (χ4v) is 8.03. The molecule has 1 aromatic rings. The lowest BCUT2D eigenvalue weighted by Crippen LogP contribution is -2.67. The number of hydrogen-bond acceptors (Lipinski definition) is 22. The van der Waals surface area contributed by atoms with Gasteiger partial charge < -0.3 is 72.4 Å². The van der Waals surface area contributed by atoms with Gasteiger partial charge in [0, 0.05) is 60.5 Å². The molecule has 1 unspecified atom stereocenters. The summed E-state index contributed by atoms with van der Waals surface area (Å²) in [6.45, 7) is 7.32. The standard InChI is InChI=1S/C49H65F6N3O22/c1-23(43(67)72-20-31-16-13-12-14-17-31)56-42(66)34(41(48(50,51)52)49(53,54)55)58(46(68)57-47(9,10)11)18-15-19-69-44-39(76-29(7)64)38(75-28(6)63)36(33(78-44)22-71-25(3)60)80-45-40(77-30(8)65)37(74-27(5)62)35(73-26(4)61)32(79-45)21-70-24(2)59/h12-14,16-17,23,32-41,44-45H,15,18-22H2,1-11H3,(H,56,66)(H,57,68)/t23-,32+,33+,34?,35-,36+,37-,38-,39+,40+,44+,45-/m0/s1. The van der Waals surface area contributed by atoms with Crippen molar-refractivity contribution in [1.82, 2.24) is 15.5 Å². The largest absolute Gasteiger partial charge is 0.463 e. The normalized spacial score (nSPS) is 23.9. The molecule has 31 heteroatoms. The third-order valence-electron chi connectivity index (χ3n) is 11.0. The molecular formula is C49H65F6N3O22. The Kier molecular flexibility index (Phi) is 24.9. The Balaban J connectivity index is 2.14. The molecule has 450 valence electrons. The van der Waals surface area contributed by atoms with E-state index in [1.165, 1.54) is 32.9 Å². The number of nitrogens with one attached hydrogen (secondary N) is 2. The van der Waals surface area contributed by atoms with Gasteiger partial charge in [-0.05, 0) is 39.7 Å². The third-order valence-corrected chi connectivity index (χ3v) is 11.0. The van der Waals surface area contributed by atoms with Crippen molar-refractivity contribution in [1.29, 1.82) is 0 Å². The van der Waals surface area contributed by atoms with Gasteiger partial charge in [-0.15, -0.1) is 0 Å². The van der Waals surface area contributed by atoms with Crippen LogP contribution in [0, 0.1) is 5.92 Å². The van der Waals surface area contributed by atoms with Crippen molar-refractivity contribution >= 4 is 59.7 Å². The molecule has 0 spiro atoms. The number of urea groups is 1. The van der Waals surface area contributed by atoms with Crippen molar-refractivity contribution in [2.24, 2.45) is 5.92 Å². The highest BCUT2D eigenvalue weighted by molar-refractivity contribution is 5.91. The highest BCUT2D eigenvalue weighted by Gasteiger charge is 2.64. The van der Waals surface area contributed by atoms with E-state index in [0.717, 1.165) is 55.4 Å². The molecule has 2 fully saturated rings. The molecule has 0 bridgehead atoms. The smallest absolute Gasteiger partial charge is 0.403 e. The average Bonchev–Trinajstić information content (AvgIpc) is 3.34. The van der Waals surface area contributed by atoms with Crippen molar-refractivity contribution in [3.05, 3.63) is 35.9 Å². The molecule has 0 aromatic heterocycles. The first-order valence-corrected chi connectivity index (χ1v) is 24.4. The van der Waals surface area contributed by atoms with Crippen LogP contribution in [-0.4, -0.2) is 182 Å². The minimum absolute atomic E-state index is 0.0640. The summed E-state index contributed by atoms with van der Waals surface area (Å²) in [6.07, 6.45) is -32.2. The number of carbonyl (C=O) groups excluding carboxylic acids is 10. The van der Waals surface area contributed by atoms with E-state index in [9.17, 15) is 74.3 Å². The van der Waals surface area contributed by atoms with Gasteiger partial charge in [-0.25, -0.2) is 9.59 Å². The Morgan fingerprint density at radius 1 is 0.588 bits per heavy atom. The monoisotopic (exact) mass is 1160 g/mol. The van der Waals surface area contributed by atoms with Gasteiger partial charge in [0.25, 0.3) is 0 Å². The Bertz CT molecular complexity index is 2320. The van der Waals surface area contributed by atoms with Crippen LogP contribution < -0.4 is 10.6 Å². The van der Waals surface area contributed by atoms with Gasteiger partial charge in [-0.3, -0.25) is 38.4 Å². The fourth-order valence-electron chi connectivity index (χ4n) is 8.03. The lowest BCUT2D eigenvalue weighted by atomic mass is 9.95. The van der Waals surface area contributed by atoms with Gasteiger partial charge in [-0.2, -0.15) is 26.3 Å².